The topological polar surface area (TPSA) is 38.1 Å². The van der Waals surface area contributed by atoms with E-state index in [1.807, 2.05) is 0 Å². The predicted molar refractivity (Wildman–Crippen MR) is 35.6 cm³/mol. The molecule has 1 aromatic rings. The van der Waals surface area contributed by atoms with Crippen LogP contribution in [-0.2, 0) is 0 Å². The number of thiocarbonyl (C=S) groups is 1. The zero-order valence-corrected chi connectivity index (χ0v) is 5.22. The molecule has 0 aliphatic rings. The van der Waals surface area contributed by atoms with Gasteiger partial charge in [-0.3, -0.25) is 0 Å². The highest BCUT2D eigenvalue weighted by Crippen LogP contribution is 1.98. The SMILES string of the molecule is S=C=Nc1[c]nccn1. The van der Waals surface area contributed by atoms with Crippen molar-refractivity contribution in [3.05, 3.63) is 18.6 Å². The molecule has 0 unspecified atom stereocenters. The molecule has 0 spiro atoms. The van der Waals surface area contributed by atoms with Crippen LogP contribution in [0.25, 0.3) is 0 Å². The monoisotopic (exact) mass is 136 g/mol. The second-order valence-electron chi connectivity index (χ2n) is 1.19. The number of isothiocyanates is 1. The molecule has 0 amide bonds. The maximum atomic E-state index is 4.33. The van der Waals surface area contributed by atoms with E-state index in [1.54, 1.807) is 0 Å². The van der Waals surface area contributed by atoms with Gasteiger partial charge in [0.1, 0.15) is 6.20 Å². The van der Waals surface area contributed by atoms with Gasteiger partial charge in [0.05, 0.1) is 5.16 Å². The number of aliphatic imine (C=N–C) groups is 1. The minimum absolute atomic E-state index is 0.368. The van der Waals surface area contributed by atoms with Crippen molar-refractivity contribution >= 4 is 23.2 Å². The Hall–Kier alpha value is -1.12. The van der Waals surface area contributed by atoms with E-state index >= 15 is 0 Å². The highest BCUT2D eigenvalue weighted by Gasteiger charge is 1.83. The summed E-state index contributed by atoms with van der Waals surface area (Å²) in [5.41, 5.74) is 0. The van der Waals surface area contributed by atoms with Crippen molar-refractivity contribution in [3.8, 4) is 0 Å². The lowest BCUT2D eigenvalue weighted by atomic mass is 10.7. The lowest BCUT2D eigenvalue weighted by Gasteiger charge is -1.81. The molecule has 0 aromatic carbocycles. The van der Waals surface area contributed by atoms with Crippen LogP contribution >= 0.6 is 12.2 Å². The molecular formula is C5H2N3S. The summed E-state index contributed by atoms with van der Waals surface area (Å²) in [6, 6.07) is 0. The van der Waals surface area contributed by atoms with E-state index in [-0.39, 0.29) is 0 Å². The highest BCUT2D eigenvalue weighted by atomic mass is 32.1. The molecule has 0 saturated carbocycles. The Kier molecular flexibility index (Phi) is 2.01. The molecule has 0 N–H and O–H groups in total. The van der Waals surface area contributed by atoms with Crippen LogP contribution in [0, 0.1) is 6.20 Å². The van der Waals surface area contributed by atoms with Gasteiger partial charge in [-0.05, 0) is 12.2 Å². The first-order valence-electron chi connectivity index (χ1n) is 2.20. The van der Waals surface area contributed by atoms with E-state index < -0.39 is 0 Å². The van der Waals surface area contributed by atoms with Crippen LogP contribution in [0.4, 0.5) is 5.82 Å². The molecule has 1 heterocycles. The Morgan fingerprint density at radius 3 is 3.11 bits per heavy atom. The second kappa shape index (κ2) is 3.02. The third kappa shape index (κ3) is 1.68. The normalized spacial score (nSPS) is 8.00. The van der Waals surface area contributed by atoms with Crippen LogP contribution in [0.5, 0.6) is 0 Å². The minimum Gasteiger partial charge on any atom is -0.249 e. The molecule has 9 heavy (non-hydrogen) atoms. The van der Waals surface area contributed by atoms with Gasteiger partial charge in [-0.1, -0.05) is 0 Å². The molecule has 1 aromatic heterocycles. The van der Waals surface area contributed by atoms with Crippen molar-refractivity contribution in [2.45, 2.75) is 0 Å². The van der Waals surface area contributed by atoms with Crippen LogP contribution in [0.1, 0.15) is 0 Å². The van der Waals surface area contributed by atoms with Crippen LogP contribution < -0.4 is 0 Å². The van der Waals surface area contributed by atoms with Gasteiger partial charge in [0, 0.05) is 12.4 Å². The molecule has 43 valence electrons. The number of rotatable bonds is 1. The summed E-state index contributed by atoms with van der Waals surface area (Å²) in [7, 11) is 0. The molecule has 0 bridgehead atoms. The maximum Gasteiger partial charge on any atom is 0.190 e. The van der Waals surface area contributed by atoms with E-state index in [0.29, 0.717) is 5.82 Å². The Labute approximate surface area is 57.5 Å². The van der Waals surface area contributed by atoms with Gasteiger partial charge in [0.25, 0.3) is 0 Å². The summed E-state index contributed by atoms with van der Waals surface area (Å²) in [4.78, 5) is 10.9. The molecule has 0 atom stereocenters. The average molecular weight is 136 g/mol. The summed E-state index contributed by atoms with van der Waals surface area (Å²) < 4.78 is 0. The largest absolute Gasteiger partial charge is 0.249 e. The molecule has 0 aliphatic carbocycles. The van der Waals surface area contributed by atoms with Crippen molar-refractivity contribution < 1.29 is 0 Å². The molecule has 0 saturated heterocycles. The fourth-order valence-corrected chi connectivity index (χ4v) is 0.445. The van der Waals surface area contributed by atoms with Gasteiger partial charge in [0.15, 0.2) is 5.82 Å². The summed E-state index contributed by atoms with van der Waals surface area (Å²) >= 11 is 4.33. The van der Waals surface area contributed by atoms with E-state index in [2.05, 4.69) is 38.5 Å². The summed E-state index contributed by atoms with van der Waals surface area (Å²) in [5, 5.41) is 2.16. The minimum atomic E-state index is 0.368. The molecular weight excluding hydrogens is 134 g/mol. The van der Waals surface area contributed by atoms with Gasteiger partial charge in [-0.2, -0.15) is 4.99 Å². The molecule has 1 radical (unpaired) electrons. The quantitative estimate of drug-likeness (QED) is 0.427. The third-order valence-corrected chi connectivity index (χ3v) is 0.745. The zero-order valence-electron chi connectivity index (χ0n) is 4.40. The standard InChI is InChI=1S/C5H2N3S/c9-4-8-5-3-6-1-2-7-5/h1-2H. The fraction of sp³-hybridized carbons (Fsp3) is 0. The van der Waals surface area contributed by atoms with Crippen molar-refractivity contribution in [2.75, 3.05) is 0 Å². The van der Waals surface area contributed by atoms with E-state index in [0.717, 1.165) is 0 Å². The summed E-state index contributed by atoms with van der Waals surface area (Å²) in [6.07, 6.45) is 5.54. The van der Waals surface area contributed by atoms with Gasteiger partial charge >= 0.3 is 0 Å². The zero-order chi connectivity index (χ0) is 6.53. The first-order valence-corrected chi connectivity index (χ1v) is 2.61. The van der Waals surface area contributed by atoms with Crippen LogP contribution in [0.15, 0.2) is 17.4 Å². The second-order valence-corrected chi connectivity index (χ2v) is 1.38. The highest BCUT2D eigenvalue weighted by molar-refractivity contribution is 7.78. The summed E-state index contributed by atoms with van der Waals surface area (Å²) in [6.45, 7) is 0. The Morgan fingerprint density at radius 2 is 2.56 bits per heavy atom. The Balaban J connectivity index is 2.97. The first-order chi connectivity index (χ1) is 4.43. The number of aromatic nitrogens is 2. The molecule has 0 aliphatic heterocycles. The fourth-order valence-electron chi connectivity index (χ4n) is 0.358. The first kappa shape index (κ1) is 6.01. The molecule has 0 fully saturated rings. The van der Waals surface area contributed by atoms with Gasteiger partial charge in [-0.15, -0.1) is 0 Å². The van der Waals surface area contributed by atoms with E-state index in [4.69, 9.17) is 0 Å². The summed E-state index contributed by atoms with van der Waals surface area (Å²) in [5.74, 6) is 0.368. The molecule has 3 nitrogen and oxygen atoms in total. The van der Waals surface area contributed by atoms with Crippen LogP contribution in [-0.4, -0.2) is 15.1 Å². The number of hydrogen-bond acceptors (Lipinski definition) is 4. The van der Waals surface area contributed by atoms with Crippen molar-refractivity contribution in [1.82, 2.24) is 9.97 Å². The van der Waals surface area contributed by atoms with E-state index in [1.165, 1.54) is 12.4 Å². The average Bonchev–Trinajstić information content (AvgIpc) is 1.91. The van der Waals surface area contributed by atoms with Crippen molar-refractivity contribution in [2.24, 2.45) is 4.99 Å². The van der Waals surface area contributed by atoms with Gasteiger partial charge < -0.3 is 0 Å². The lowest BCUT2D eigenvalue weighted by Crippen LogP contribution is -1.73. The third-order valence-electron chi connectivity index (χ3n) is 0.654. The Morgan fingerprint density at radius 1 is 1.67 bits per heavy atom. The molecule has 1 rings (SSSR count). The predicted octanol–water partition coefficient (Wildman–Crippen LogP) is 1.01. The number of hydrogen-bond donors (Lipinski definition) is 0. The maximum absolute atomic E-state index is 4.33. The Bertz CT molecular complexity index is 227. The number of nitrogens with zero attached hydrogens (tertiary/aromatic N) is 3. The van der Waals surface area contributed by atoms with Gasteiger partial charge in [0.2, 0.25) is 0 Å². The van der Waals surface area contributed by atoms with Crippen LogP contribution in [0.2, 0.25) is 0 Å². The van der Waals surface area contributed by atoms with Gasteiger partial charge in [-0.25, -0.2) is 9.97 Å². The van der Waals surface area contributed by atoms with E-state index in [9.17, 15) is 0 Å². The van der Waals surface area contributed by atoms with Crippen molar-refractivity contribution in [3.63, 3.8) is 0 Å². The lowest BCUT2D eigenvalue weighted by molar-refractivity contribution is 1.17. The van der Waals surface area contributed by atoms with Crippen molar-refractivity contribution in [1.29, 1.82) is 0 Å². The molecule has 4 heteroatoms. The van der Waals surface area contributed by atoms with Crippen LogP contribution in [0.3, 0.4) is 0 Å². The smallest absolute Gasteiger partial charge is 0.190 e.